The molecule has 1 aliphatic rings. The number of nitrogens with one attached hydrogen (secondary N) is 3. The summed E-state index contributed by atoms with van der Waals surface area (Å²) in [6.45, 7) is 0.0576. The Morgan fingerprint density at radius 1 is 1.30 bits per heavy atom. The van der Waals surface area contributed by atoms with Gasteiger partial charge in [0, 0.05) is 7.92 Å². The minimum Gasteiger partial charge on any atom is -0.459 e. The van der Waals surface area contributed by atoms with Crippen molar-refractivity contribution in [3.8, 4) is 0 Å². The minimum absolute atomic E-state index is 0.0319. The van der Waals surface area contributed by atoms with Crippen molar-refractivity contribution < 1.29 is 30.3 Å². The molecule has 5 N–H and O–H groups in total. The maximum Gasteiger partial charge on any atom is 0.305 e. The highest BCUT2D eigenvalue weighted by molar-refractivity contribution is 5.93. The topological polar surface area (TPSA) is 177 Å². The highest BCUT2D eigenvalue weighted by atomic mass is 16.6. The number of aliphatic hydroxyl groups is 2. The minimum atomic E-state index is -1.49. The molecule has 0 aliphatic carbocycles. The molecule has 13 nitrogen and oxygen atoms in total. The summed E-state index contributed by atoms with van der Waals surface area (Å²) in [6.07, 6.45) is -1.51. The van der Waals surface area contributed by atoms with Crippen molar-refractivity contribution in [3.05, 3.63) is 36.8 Å². The molecule has 0 bridgehead atoms. The first-order valence-corrected chi connectivity index (χ1v) is 8.87. The largest absolute Gasteiger partial charge is 0.459 e. The van der Waals surface area contributed by atoms with Gasteiger partial charge in [-0.1, -0.05) is 0 Å². The summed E-state index contributed by atoms with van der Waals surface area (Å²) >= 11 is 0. The van der Waals surface area contributed by atoms with Crippen LogP contribution in [-0.4, -0.2) is 66.4 Å². The van der Waals surface area contributed by atoms with Crippen LogP contribution in [0.1, 0.15) is 25.1 Å². The Bertz CT molecular complexity index is 1070. The SMILES string of the molecule is [2H]CCNC(=O)[C@H]1OC(n2cnc3c(NNC(=O)c4ccco4)ncnc32)[C@H](O)[C@@H]1O. The number of hydrogen-bond donors (Lipinski definition) is 5. The number of hydrazine groups is 1. The van der Waals surface area contributed by atoms with Gasteiger partial charge in [-0.05, 0) is 19.0 Å². The number of carbonyl (C=O) groups is 2. The lowest BCUT2D eigenvalue weighted by molar-refractivity contribution is -0.137. The molecule has 13 heteroatoms. The number of aromatic nitrogens is 4. The van der Waals surface area contributed by atoms with Crippen molar-refractivity contribution in [1.82, 2.24) is 30.3 Å². The molecule has 0 saturated carbocycles. The maximum atomic E-state index is 12.1. The summed E-state index contributed by atoms with van der Waals surface area (Å²) < 4.78 is 19.0. The van der Waals surface area contributed by atoms with E-state index in [0.29, 0.717) is 0 Å². The molecule has 3 aromatic rings. The standard InChI is InChI=1S/C17H19N7O6/c1-2-18-16(28)12-10(25)11(26)17(30-12)24-7-21-9-13(19-6-20-14(9)24)22-23-15(27)8-4-3-5-29-8/h3-7,10-12,17,25-26H,2H2,1H3,(H,18,28)(H,23,27)(H,19,20,22)/t10-,11+,12-,17?/m0/s1/i1D. The van der Waals surface area contributed by atoms with Gasteiger partial charge in [-0.15, -0.1) is 0 Å². The van der Waals surface area contributed by atoms with E-state index in [-0.39, 0.29) is 36.2 Å². The fourth-order valence-electron chi connectivity index (χ4n) is 3.04. The van der Waals surface area contributed by atoms with Gasteiger partial charge in [0.25, 0.3) is 5.91 Å². The lowest BCUT2D eigenvalue weighted by atomic mass is 10.1. The van der Waals surface area contributed by atoms with Gasteiger partial charge in [-0.3, -0.25) is 25.0 Å². The number of furan rings is 1. The second-order valence-electron chi connectivity index (χ2n) is 6.32. The van der Waals surface area contributed by atoms with Gasteiger partial charge in [0.15, 0.2) is 35.1 Å². The Kier molecular flexibility index (Phi) is 4.96. The molecule has 0 aromatic carbocycles. The van der Waals surface area contributed by atoms with Crippen LogP contribution >= 0.6 is 0 Å². The third-order valence-corrected chi connectivity index (χ3v) is 4.47. The molecule has 4 rings (SSSR count). The van der Waals surface area contributed by atoms with E-state index in [9.17, 15) is 19.8 Å². The second-order valence-corrected chi connectivity index (χ2v) is 6.32. The molecule has 30 heavy (non-hydrogen) atoms. The Morgan fingerprint density at radius 3 is 2.93 bits per heavy atom. The summed E-state index contributed by atoms with van der Waals surface area (Å²) in [5, 5.41) is 23.1. The number of hydrogen-bond acceptors (Lipinski definition) is 10. The summed E-state index contributed by atoms with van der Waals surface area (Å²) in [5.74, 6) is -0.908. The van der Waals surface area contributed by atoms with E-state index >= 15 is 0 Å². The third-order valence-electron chi connectivity index (χ3n) is 4.47. The van der Waals surface area contributed by atoms with Gasteiger partial charge in [0.05, 0.1) is 12.6 Å². The average molecular weight is 418 g/mol. The van der Waals surface area contributed by atoms with E-state index in [2.05, 4.69) is 31.1 Å². The lowest BCUT2D eigenvalue weighted by Crippen LogP contribution is -2.42. The molecule has 0 spiro atoms. The number of nitrogens with zero attached hydrogens (tertiary/aromatic N) is 4. The summed E-state index contributed by atoms with van der Waals surface area (Å²) in [7, 11) is 0. The quantitative estimate of drug-likeness (QED) is 0.310. The van der Waals surface area contributed by atoms with E-state index < -0.39 is 36.4 Å². The van der Waals surface area contributed by atoms with Crippen LogP contribution in [-0.2, 0) is 9.53 Å². The van der Waals surface area contributed by atoms with E-state index in [1.54, 1.807) is 6.07 Å². The zero-order valence-electron chi connectivity index (χ0n) is 16.4. The molecule has 3 aromatic heterocycles. The van der Waals surface area contributed by atoms with E-state index in [4.69, 9.17) is 10.5 Å². The predicted octanol–water partition coefficient (Wildman–Crippen LogP) is -1.07. The number of anilines is 1. The predicted molar refractivity (Wildman–Crippen MR) is 99.7 cm³/mol. The number of rotatable bonds is 6. The first-order valence-electron chi connectivity index (χ1n) is 9.58. The van der Waals surface area contributed by atoms with Crippen LogP contribution < -0.4 is 16.2 Å². The van der Waals surface area contributed by atoms with Gasteiger partial charge in [-0.25, -0.2) is 15.0 Å². The first kappa shape index (κ1) is 18.5. The molecule has 4 heterocycles. The molecule has 0 radical (unpaired) electrons. The number of likely N-dealkylation sites (N-methyl/N-ethyl adjacent to an activating group) is 1. The van der Waals surface area contributed by atoms with Crippen molar-refractivity contribution in [3.63, 3.8) is 0 Å². The zero-order chi connectivity index (χ0) is 22.0. The molecule has 4 atom stereocenters. The zero-order valence-corrected chi connectivity index (χ0v) is 15.4. The van der Waals surface area contributed by atoms with Gasteiger partial charge >= 0.3 is 5.91 Å². The number of ether oxygens (including phenoxy) is 1. The number of fused-ring (bicyclic) bond motifs is 1. The van der Waals surface area contributed by atoms with Crippen molar-refractivity contribution in [1.29, 1.82) is 0 Å². The van der Waals surface area contributed by atoms with Crippen LogP contribution in [0.15, 0.2) is 35.5 Å². The van der Waals surface area contributed by atoms with Gasteiger partial charge in [0.2, 0.25) is 0 Å². The number of imidazole rings is 1. The van der Waals surface area contributed by atoms with Crippen LogP contribution in [0.2, 0.25) is 0 Å². The summed E-state index contributed by atoms with van der Waals surface area (Å²) in [6, 6.07) is 3.06. The smallest absolute Gasteiger partial charge is 0.305 e. The Balaban J connectivity index is 1.53. The van der Waals surface area contributed by atoms with Crippen LogP contribution in [0.25, 0.3) is 11.2 Å². The lowest BCUT2D eigenvalue weighted by Gasteiger charge is -2.16. The van der Waals surface area contributed by atoms with Gasteiger partial charge in [0.1, 0.15) is 18.5 Å². The molecule has 2 amide bonds. The monoisotopic (exact) mass is 418 g/mol. The normalized spacial score (nSPS) is 23.9. The number of amides is 2. The highest BCUT2D eigenvalue weighted by Gasteiger charge is 2.47. The number of carbonyl (C=O) groups excluding carboxylic acids is 2. The molecule has 1 aliphatic heterocycles. The maximum absolute atomic E-state index is 12.1. The van der Waals surface area contributed by atoms with Crippen LogP contribution in [0, 0.1) is 0 Å². The van der Waals surface area contributed by atoms with Crippen molar-refractivity contribution in [2.45, 2.75) is 31.4 Å². The average Bonchev–Trinajstić information content (AvgIpc) is 3.51. The number of aliphatic hydroxyl groups excluding tert-OH is 2. The third kappa shape index (κ3) is 3.45. The van der Waals surface area contributed by atoms with Crippen molar-refractivity contribution in [2.75, 3.05) is 12.0 Å². The van der Waals surface area contributed by atoms with E-state index in [1.165, 1.54) is 29.6 Å². The summed E-state index contributed by atoms with van der Waals surface area (Å²) in [5.41, 5.74) is 5.52. The van der Waals surface area contributed by atoms with Crippen molar-refractivity contribution >= 4 is 28.8 Å². The van der Waals surface area contributed by atoms with Gasteiger partial charge in [-0.2, -0.15) is 0 Å². The van der Waals surface area contributed by atoms with Crippen molar-refractivity contribution in [2.24, 2.45) is 0 Å². The van der Waals surface area contributed by atoms with Crippen LogP contribution in [0.5, 0.6) is 0 Å². The van der Waals surface area contributed by atoms with Gasteiger partial charge < -0.3 is 24.7 Å². The Labute approximate surface area is 170 Å². The van der Waals surface area contributed by atoms with Crippen LogP contribution in [0.4, 0.5) is 5.82 Å². The molecule has 1 saturated heterocycles. The molecule has 158 valence electrons. The molecule has 1 fully saturated rings. The van der Waals surface area contributed by atoms with E-state index in [1.807, 2.05) is 0 Å². The highest BCUT2D eigenvalue weighted by Crippen LogP contribution is 2.32. The molecule has 1 unspecified atom stereocenters. The van der Waals surface area contributed by atoms with E-state index in [0.717, 1.165) is 0 Å². The summed E-state index contributed by atoms with van der Waals surface area (Å²) in [4.78, 5) is 36.5. The van der Waals surface area contributed by atoms with Crippen LogP contribution in [0.3, 0.4) is 0 Å². The fraction of sp³-hybridized carbons (Fsp3) is 0.353. The Hall–Kier alpha value is -3.55. The molecular formula is C17H19N7O6. The fourth-order valence-corrected chi connectivity index (χ4v) is 3.04. The second kappa shape index (κ2) is 8.06. The first-order chi connectivity index (χ1) is 15.0. The molecular weight excluding hydrogens is 398 g/mol. The Morgan fingerprint density at radius 2 is 2.17 bits per heavy atom.